The van der Waals surface area contributed by atoms with Crippen molar-refractivity contribution in [2.24, 2.45) is 5.73 Å². The molecule has 0 saturated carbocycles. The Morgan fingerprint density at radius 1 is 1.00 bits per heavy atom. The molecule has 2 aromatic carbocycles. The lowest BCUT2D eigenvalue weighted by Crippen LogP contribution is -2.27. The van der Waals surface area contributed by atoms with Crippen LogP contribution in [-0.2, 0) is 11.2 Å². The second-order valence-electron chi connectivity index (χ2n) is 5.14. The molecule has 1 atom stereocenters. The topological polar surface area (TPSA) is 55.1 Å². The Hall–Kier alpha value is -2.13. The Labute approximate surface area is 126 Å². The Morgan fingerprint density at radius 2 is 1.62 bits per heavy atom. The minimum Gasteiger partial charge on any atom is -0.356 e. The number of amides is 1. The molecule has 0 aromatic heterocycles. The molecule has 0 radical (unpaired) electrons. The summed E-state index contributed by atoms with van der Waals surface area (Å²) < 4.78 is 0. The van der Waals surface area contributed by atoms with Gasteiger partial charge in [0.15, 0.2) is 0 Å². The maximum absolute atomic E-state index is 11.8. The van der Waals surface area contributed by atoms with Crippen molar-refractivity contribution in [3.05, 3.63) is 71.8 Å². The number of carbonyl (C=O) groups excluding carboxylic acids is 1. The monoisotopic (exact) mass is 282 g/mol. The van der Waals surface area contributed by atoms with Crippen LogP contribution >= 0.6 is 0 Å². The number of nitrogens with one attached hydrogen (secondary N) is 1. The molecule has 21 heavy (non-hydrogen) atoms. The number of benzene rings is 2. The van der Waals surface area contributed by atoms with Crippen molar-refractivity contribution in [2.45, 2.75) is 25.3 Å². The highest BCUT2D eigenvalue weighted by Crippen LogP contribution is 2.12. The molecule has 0 bridgehead atoms. The molecule has 3 heteroatoms. The van der Waals surface area contributed by atoms with Gasteiger partial charge in [-0.05, 0) is 24.0 Å². The van der Waals surface area contributed by atoms with Gasteiger partial charge in [0.2, 0.25) is 5.91 Å². The predicted octanol–water partition coefficient (Wildman–Crippen LogP) is 2.83. The van der Waals surface area contributed by atoms with Crippen LogP contribution in [0.3, 0.4) is 0 Å². The van der Waals surface area contributed by atoms with Crippen LogP contribution in [0.25, 0.3) is 0 Å². The fourth-order valence-corrected chi connectivity index (χ4v) is 2.22. The van der Waals surface area contributed by atoms with Crippen LogP contribution in [0.4, 0.5) is 0 Å². The van der Waals surface area contributed by atoms with Crippen molar-refractivity contribution in [3.63, 3.8) is 0 Å². The molecule has 3 nitrogen and oxygen atoms in total. The molecule has 0 aliphatic heterocycles. The third kappa shape index (κ3) is 5.40. The van der Waals surface area contributed by atoms with E-state index in [0.717, 1.165) is 18.4 Å². The molecule has 1 amide bonds. The van der Waals surface area contributed by atoms with E-state index < -0.39 is 0 Å². The molecule has 0 fully saturated rings. The van der Waals surface area contributed by atoms with Crippen molar-refractivity contribution in [1.29, 1.82) is 0 Å². The SMILES string of the molecule is NC(CCNC(=O)CCc1ccccc1)c1ccccc1. The highest BCUT2D eigenvalue weighted by atomic mass is 16.1. The fraction of sp³-hybridized carbons (Fsp3) is 0.278. The van der Waals surface area contributed by atoms with Gasteiger partial charge < -0.3 is 11.1 Å². The zero-order chi connectivity index (χ0) is 14.9. The second-order valence-corrected chi connectivity index (χ2v) is 5.14. The summed E-state index contributed by atoms with van der Waals surface area (Å²) in [7, 11) is 0. The van der Waals surface area contributed by atoms with Crippen molar-refractivity contribution in [2.75, 3.05) is 6.54 Å². The minimum atomic E-state index is -0.0272. The standard InChI is InChI=1S/C18H22N2O/c19-17(16-9-5-2-6-10-16)13-14-20-18(21)12-11-15-7-3-1-4-8-15/h1-10,17H,11-14,19H2,(H,20,21). The van der Waals surface area contributed by atoms with E-state index in [-0.39, 0.29) is 11.9 Å². The van der Waals surface area contributed by atoms with Gasteiger partial charge in [-0.15, -0.1) is 0 Å². The van der Waals surface area contributed by atoms with Crippen LogP contribution < -0.4 is 11.1 Å². The van der Waals surface area contributed by atoms with Crippen LogP contribution in [-0.4, -0.2) is 12.5 Å². The van der Waals surface area contributed by atoms with Gasteiger partial charge in [0.1, 0.15) is 0 Å². The van der Waals surface area contributed by atoms with Gasteiger partial charge >= 0.3 is 0 Å². The molecular formula is C18H22N2O. The van der Waals surface area contributed by atoms with Crippen LogP contribution in [0.2, 0.25) is 0 Å². The summed E-state index contributed by atoms with van der Waals surface area (Å²) in [4.78, 5) is 11.8. The molecule has 0 aliphatic rings. The fourth-order valence-electron chi connectivity index (χ4n) is 2.22. The summed E-state index contributed by atoms with van der Waals surface area (Å²) >= 11 is 0. The molecule has 0 heterocycles. The van der Waals surface area contributed by atoms with Crippen LogP contribution in [0, 0.1) is 0 Å². The first-order chi connectivity index (χ1) is 10.3. The van der Waals surface area contributed by atoms with Gasteiger partial charge in [0.05, 0.1) is 0 Å². The Bertz CT molecular complexity index is 540. The summed E-state index contributed by atoms with van der Waals surface area (Å²) in [6, 6.07) is 20.0. The van der Waals surface area contributed by atoms with Crippen LogP contribution in [0.15, 0.2) is 60.7 Å². The summed E-state index contributed by atoms with van der Waals surface area (Å²) in [6.45, 7) is 0.615. The summed E-state index contributed by atoms with van der Waals surface area (Å²) in [5.41, 5.74) is 8.39. The van der Waals surface area contributed by atoms with Gasteiger partial charge in [0, 0.05) is 19.0 Å². The van der Waals surface area contributed by atoms with Crippen molar-refractivity contribution in [3.8, 4) is 0 Å². The largest absolute Gasteiger partial charge is 0.356 e. The van der Waals surface area contributed by atoms with E-state index in [0.29, 0.717) is 13.0 Å². The third-order valence-electron chi connectivity index (χ3n) is 3.49. The lowest BCUT2D eigenvalue weighted by molar-refractivity contribution is -0.121. The summed E-state index contributed by atoms with van der Waals surface area (Å²) in [5.74, 6) is 0.0825. The number of rotatable bonds is 7. The lowest BCUT2D eigenvalue weighted by atomic mass is 10.0. The lowest BCUT2D eigenvalue weighted by Gasteiger charge is -2.12. The summed E-state index contributed by atoms with van der Waals surface area (Å²) in [5, 5.41) is 2.93. The Balaban J connectivity index is 1.65. The molecule has 0 spiro atoms. The van der Waals surface area contributed by atoms with Crippen molar-refractivity contribution < 1.29 is 4.79 Å². The van der Waals surface area contributed by atoms with E-state index in [4.69, 9.17) is 5.73 Å². The summed E-state index contributed by atoms with van der Waals surface area (Å²) in [6.07, 6.45) is 2.04. The van der Waals surface area contributed by atoms with Gasteiger partial charge in [-0.3, -0.25) is 4.79 Å². The smallest absolute Gasteiger partial charge is 0.220 e. The first-order valence-corrected chi connectivity index (χ1v) is 7.37. The second kappa shape index (κ2) is 8.22. The van der Waals surface area contributed by atoms with E-state index in [1.54, 1.807) is 0 Å². The molecular weight excluding hydrogens is 260 g/mol. The van der Waals surface area contributed by atoms with E-state index in [1.165, 1.54) is 5.56 Å². The van der Waals surface area contributed by atoms with Crippen molar-refractivity contribution >= 4 is 5.91 Å². The molecule has 2 aromatic rings. The zero-order valence-electron chi connectivity index (χ0n) is 12.2. The maximum atomic E-state index is 11.8. The highest BCUT2D eigenvalue weighted by molar-refractivity contribution is 5.76. The minimum absolute atomic E-state index is 0.0272. The zero-order valence-corrected chi connectivity index (χ0v) is 12.2. The Morgan fingerprint density at radius 3 is 2.29 bits per heavy atom. The molecule has 1 unspecified atom stereocenters. The van der Waals surface area contributed by atoms with E-state index >= 15 is 0 Å². The molecule has 3 N–H and O–H groups in total. The third-order valence-corrected chi connectivity index (χ3v) is 3.49. The van der Waals surface area contributed by atoms with Crippen LogP contribution in [0.5, 0.6) is 0 Å². The molecule has 110 valence electrons. The van der Waals surface area contributed by atoms with Gasteiger partial charge in [-0.1, -0.05) is 60.7 Å². The normalized spacial score (nSPS) is 11.9. The average molecular weight is 282 g/mol. The first kappa shape index (κ1) is 15.3. The van der Waals surface area contributed by atoms with Crippen molar-refractivity contribution in [1.82, 2.24) is 5.32 Å². The quantitative estimate of drug-likeness (QED) is 0.820. The maximum Gasteiger partial charge on any atom is 0.220 e. The van der Waals surface area contributed by atoms with Gasteiger partial charge in [-0.25, -0.2) is 0 Å². The molecule has 0 aliphatic carbocycles. The number of hydrogen-bond acceptors (Lipinski definition) is 2. The number of nitrogens with two attached hydrogens (primary N) is 1. The van der Waals surface area contributed by atoms with E-state index in [9.17, 15) is 4.79 Å². The number of carbonyl (C=O) groups is 1. The Kier molecular flexibility index (Phi) is 5.98. The molecule has 2 rings (SSSR count). The first-order valence-electron chi connectivity index (χ1n) is 7.37. The van der Waals surface area contributed by atoms with Gasteiger partial charge in [0.25, 0.3) is 0 Å². The highest BCUT2D eigenvalue weighted by Gasteiger charge is 2.06. The van der Waals surface area contributed by atoms with Gasteiger partial charge in [-0.2, -0.15) is 0 Å². The number of hydrogen-bond donors (Lipinski definition) is 2. The van der Waals surface area contributed by atoms with E-state index in [1.807, 2.05) is 60.7 Å². The van der Waals surface area contributed by atoms with E-state index in [2.05, 4.69) is 5.32 Å². The van der Waals surface area contributed by atoms with Crippen LogP contribution in [0.1, 0.15) is 30.0 Å². The number of aryl methyl sites for hydroxylation is 1. The predicted molar refractivity (Wildman–Crippen MR) is 85.8 cm³/mol. The molecule has 0 saturated heterocycles. The average Bonchev–Trinajstić information content (AvgIpc) is 2.54.